The SMILES string of the molecule is COc1ccc(Cn2ncc(NC(=O)c3ccc(NC(=O)Nc4ccc(N5CCOCC5)c(C(F)(F)F)c4)cc3C)c2N)cc1. The Hall–Kier alpha value is -5.24. The molecule has 3 aromatic carbocycles. The number of urea groups is 1. The van der Waals surface area contributed by atoms with Crippen LogP contribution in [0.3, 0.4) is 0 Å². The van der Waals surface area contributed by atoms with Gasteiger partial charge in [0.05, 0.1) is 38.6 Å². The molecule has 14 heteroatoms. The second-order valence-electron chi connectivity index (χ2n) is 10.3. The first-order chi connectivity index (χ1) is 21.5. The molecule has 5 rings (SSSR count). The molecule has 1 aliphatic heterocycles. The molecule has 0 radical (unpaired) electrons. The van der Waals surface area contributed by atoms with Crippen molar-refractivity contribution in [3.05, 3.63) is 89.1 Å². The maximum absolute atomic E-state index is 13.9. The quantitative estimate of drug-likeness (QED) is 0.201. The van der Waals surface area contributed by atoms with Crippen molar-refractivity contribution in [3.8, 4) is 5.75 Å². The Balaban J connectivity index is 1.21. The Morgan fingerprint density at radius 1 is 0.978 bits per heavy atom. The lowest BCUT2D eigenvalue weighted by Gasteiger charge is -2.31. The van der Waals surface area contributed by atoms with Crippen LogP contribution < -0.4 is 31.3 Å². The van der Waals surface area contributed by atoms with Gasteiger partial charge < -0.3 is 36.1 Å². The van der Waals surface area contributed by atoms with Gasteiger partial charge in [-0.1, -0.05) is 12.1 Å². The Morgan fingerprint density at radius 2 is 1.64 bits per heavy atom. The van der Waals surface area contributed by atoms with Gasteiger partial charge in [-0.25, -0.2) is 9.48 Å². The highest BCUT2D eigenvalue weighted by Crippen LogP contribution is 2.38. The third-order valence-corrected chi connectivity index (χ3v) is 7.26. The van der Waals surface area contributed by atoms with E-state index in [1.807, 2.05) is 24.3 Å². The molecular weight excluding hydrogens is 591 g/mol. The predicted molar refractivity (Wildman–Crippen MR) is 165 cm³/mol. The summed E-state index contributed by atoms with van der Waals surface area (Å²) in [6.07, 6.45) is -3.15. The second kappa shape index (κ2) is 13.2. The summed E-state index contributed by atoms with van der Waals surface area (Å²) in [5, 5.41) is 12.1. The van der Waals surface area contributed by atoms with Crippen LogP contribution in [-0.2, 0) is 17.5 Å². The number of aromatic nitrogens is 2. The number of anilines is 5. The van der Waals surface area contributed by atoms with Gasteiger partial charge >= 0.3 is 12.2 Å². The summed E-state index contributed by atoms with van der Waals surface area (Å²) in [4.78, 5) is 27.3. The number of ether oxygens (including phenoxy) is 2. The van der Waals surface area contributed by atoms with Crippen molar-refractivity contribution in [3.63, 3.8) is 0 Å². The normalized spacial score (nSPS) is 13.3. The van der Waals surface area contributed by atoms with Crippen LogP contribution in [0, 0.1) is 6.92 Å². The van der Waals surface area contributed by atoms with Gasteiger partial charge in [0.15, 0.2) is 0 Å². The summed E-state index contributed by atoms with van der Waals surface area (Å²) in [6.45, 7) is 3.43. The first kappa shape index (κ1) is 31.2. The molecule has 0 aliphatic carbocycles. The highest BCUT2D eigenvalue weighted by atomic mass is 19.4. The van der Waals surface area contributed by atoms with E-state index in [1.54, 1.807) is 29.7 Å². The lowest BCUT2D eigenvalue weighted by molar-refractivity contribution is -0.137. The standard InChI is InChI=1S/C31H32F3N7O4/c1-19-15-21(37-30(43)38-22-6-10-27(25(16-22)31(32,33)34)40-11-13-45-14-12-40)5-9-24(19)29(42)39-26-17-36-41(28(26)35)18-20-3-7-23(44-2)8-4-20/h3-10,15-17H,11-14,18,35H2,1-2H3,(H,39,42)(H2,37,38,43). The highest BCUT2D eigenvalue weighted by Gasteiger charge is 2.35. The van der Waals surface area contributed by atoms with E-state index in [2.05, 4.69) is 21.0 Å². The summed E-state index contributed by atoms with van der Waals surface area (Å²) in [5.41, 5.74) is 7.90. The number of halogens is 3. The Morgan fingerprint density at radius 3 is 2.29 bits per heavy atom. The van der Waals surface area contributed by atoms with E-state index in [0.29, 0.717) is 55.3 Å². The molecule has 4 aromatic rings. The first-order valence-corrected chi connectivity index (χ1v) is 14.0. The monoisotopic (exact) mass is 623 g/mol. The van der Waals surface area contributed by atoms with Crippen LogP contribution in [-0.4, -0.2) is 55.1 Å². The number of aryl methyl sites for hydroxylation is 1. The number of methoxy groups -OCH3 is 1. The molecule has 236 valence electrons. The number of nitrogens with two attached hydrogens (primary N) is 1. The van der Waals surface area contributed by atoms with Crippen LogP contribution in [0.1, 0.15) is 27.0 Å². The number of benzene rings is 3. The Kier molecular flexibility index (Phi) is 9.13. The van der Waals surface area contributed by atoms with E-state index in [9.17, 15) is 22.8 Å². The number of alkyl halides is 3. The molecule has 1 fully saturated rings. The minimum Gasteiger partial charge on any atom is -0.497 e. The molecule has 1 aromatic heterocycles. The number of nitrogen functional groups attached to an aromatic ring is 1. The summed E-state index contributed by atoms with van der Waals surface area (Å²) < 4.78 is 53.5. The number of nitrogens with zero attached hydrogens (tertiary/aromatic N) is 3. The summed E-state index contributed by atoms with van der Waals surface area (Å²) >= 11 is 0. The molecular formula is C31H32F3N7O4. The van der Waals surface area contributed by atoms with Gasteiger partial charge in [0.1, 0.15) is 17.3 Å². The fraction of sp³-hybridized carbons (Fsp3) is 0.258. The second-order valence-corrected chi connectivity index (χ2v) is 10.3. The average Bonchev–Trinajstić information content (AvgIpc) is 3.35. The Bertz CT molecular complexity index is 1680. The zero-order valence-electron chi connectivity index (χ0n) is 24.6. The highest BCUT2D eigenvalue weighted by molar-refractivity contribution is 6.07. The van der Waals surface area contributed by atoms with E-state index in [4.69, 9.17) is 15.2 Å². The van der Waals surface area contributed by atoms with Crippen LogP contribution in [0.5, 0.6) is 5.75 Å². The maximum atomic E-state index is 13.9. The van der Waals surface area contributed by atoms with Gasteiger partial charge in [0.2, 0.25) is 0 Å². The number of rotatable bonds is 8. The number of carbonyl (C=O) groups is 2. The number of hydrogen-bond acceptors (Lipinski definition) is 7. The molecule has 5 N–H and O–H groups in total. The lowest BCUT2D eigenvalue weighted by atomic mass is 10.1. The van der Waals surface area contributed by atoms with Crippen LogP contribution in [0.15, 0.2) is 66.9 Å². The smallest absolute Gasteiger partial charge is 0.418 e. The van der Waals surface area contributed by atoms with Crippen molar-refractivity contribution in [1.29, 1.82) is 0 Å². The molecule has 0 bridgehead atoms. The Labute approximate surface area is 257 Å². The van der Waals surface area contributed by atoms with Gasteiger partial charge in [-0.2, -0.15) is 18.3 Å². The van der Waals surface area contributed by atoms with Gasteiger partial charge in [0.25, 0.3) is 5.91 Å². The largest absolute Gasteiger partial charge is 0.497 e. The fourth-order valence-electron chi connectivity index (χ4n) is 4.92. The van der Waals surface area contributed by atoms with Crippen molar-refractivity contribution in [2.24, 2.45) is 0 Å². The molecule has 0 spiro atoms. The average molecular weight is 624 g/mol. The van der Waals surface area contributed by atoms with Crippen LogP contribution >= 0.6 is 0 Å². The van der Waals surface area contributed by atoms with Crippen molar-refractivity contribution in [1.82, 2.24) is 9.78 Å². The molecule has 0 unspecified atom stereocenters. The number of nitrogens with one attached hydrogen (secondary N) is 3. The number of amides is 3. The lowest BCUT2D eigenvalue weighted by Crippen LogP contribution is -2.37. The minimum atomic E-state index is -4.62. The van der Waals surface area contributed by atoms with Crippen molar-refractivity contribution < 1.29 is 32.2 Å². The molecule has 45 heavy (non-hydrogen) atoms. The van der Waals surface area contributed by atoms with Gasteiger partial charge in [0, 0.05) is 35.7 Å². The first-order valence-electron chi connectivity index (χ1n) is 14.0. The fourth-order valence-corrected chi connectivity index (χ4v) is 4.92. The third kappa shape index (κ3) is 7.47. The molecule has 0 saturated carbocycles. The van der Waals surface area contributed by atoms with E-state index >= 15 is 0 Å². The van der Waals surface area contributed by atoms with E-state index < -0.39 is 23.7 Å². The minimum absolute atomic E-state index is 0.0188. The summed E-state index contributed by atoms with van der Waals surface area (Å²) in [5.74, 6) is 0.573. The molecule has 1 aliphatic rings. The van der Waals surface area contributed by atoms with Gasteiger partial charge in [-0.05, 0) is 66.6 Å². The van der Waals surface area contributed by atoms with Crippen LogP contribution in [0.2, 0.25) is 0 Å². The summed E-state index contributed by atoms with van der Waals surface area (Å²) in [6, 6.07) is 15.0. The van der Waals surface area contributed by atoms with Gasteiger partial charge in [-0.15, -0.1) is 0 Å². The topological polar surface area (TPSA) is 136 Å². The van der Waals surface area contributed by atoms with Crippen molar-refractivity contribution in [2.75, 3.05) is 60.0 Å². The zero-order valence-corrected chi connectivity index (χ0v) is 24.6. The zero-order chi connectivity index (χ0) is 32.1. The molecule has 1 saturated heterocycles. The number of morpholine rings is 1. The molecule has 2 heterocycles. The number of carbonyl (C=O) groups excluding carboxylic acids is 2. The molecule has 3 amide bonds. The summed E-state index contributed by atoms with van der Waals surface area (Å²) in [7, 11) is 1.59. The molecule has 11 nitrogen and oxygen atoms in total. The van der Waals surface area contributed by atoms with Crippen LogP contribution in [0.25, 0.3) is 0 Å². The van der Waals surface area contributed by atoms with E-state index in [0.717, 1.165) is 17.4 Å². The third-order valence-electron chi connectivity index (χ3n) is 7.26. The van der Waals surface area contributed by atoms with Crippen LogP contribution in [0.4, 0.5) is 46.5 Å². The van der Waals surface area contributed by atoms with Crippen molar-refractivity contribution in [2.45, 2.75) is 19.6 Å². The van der Waals surface area contributed by atoms with Gasteiger partial charge in [-0.3, -0.25) is 4.79 Å². The number of hydrogen-bond donors (Lipinski definition) is 4. The van der Waals surface area contributed by atoms with Crippen molar-refractivity contribution >= 4 is 40.5 Å². The van der Waals surface area contributed by atoms with E-state index in [-0.39, 0.29) is 17.2 Å². The molecule has 0 atom stereocenters. The maximum Gasteiger partial charge on any atom is 0.418 e. The van der Waals surface area contributed by atoms with E-state index in [1.165, 1.54) is 30.5 Å². The predicted octanol–water partition coefficient (Wildman–Crippen LogP) is 5.58.